The maximum Gasteiger partial charge on any atom is 0.252 e. The van der Waals surface area contributed by atoms with E-state index in [4.69, 9.17) is 4.74 Å². The summed E-state index contributed by atoms with van der Waals surface area (Å²) in [5.41, 5.74) is 1.96. The maximum atomic E-state index is 12.2. The molecule has 1 amide bonds. The standard InChI is InChI=1S/C15H19NO2/c1-18-12-5-6-13-11(9-12)10-15(16-14(13)17)7-3-2-4-8-15/h5-6,9H,2-4,7-8,10H2,1H3,(H,16,17). The molecule has 3 heteroatoms. The molecule has 0 radical (unpaired) electrons. The van der Waals surface area contributed by atoms with Crippen molar-refractivity contribution in [1.82, 2.24) is 5.32 Å². The van der Waals surface area contributed by atoms with Crippen LogP contribution < -0.4 is 10.1 Å². The zero-order valence-electron chi connectivity index (χ0n) is 10.8. The van der Waals surface area contributed by atoms with Gasteiger partial charge in [-0.25, -0.2) is 0 Å². The van der Waals surface area contributed by atoms with Crippen molar-refractivity contribution >= 4 is 5.91 Å². The van der Waals surface area contributed by atoms with E-state index >= 15 is 0 Å². The fourth-order valence-corrected chi connectivity index (χ4v) is 3.31. The zero-order valence-corrected chi connectivity index (χ0v) is 10.8. The quantitative estimate of drug-likeness (QED) is 0.826. The SMILES string of the molecule is COc1ccc2c(c1)CC1(CCCCC1)NC2=O. The van der Waals surface area contributed by atoms with Crippen LogP contribution in [0, 0.1) is 0 Å². The van der Waals surface area contributed by atoms with E-state index in [1.165, 1.54) is 19.3 Å². The summed E-state index contributed by atoms with van der Waals surface area (Å²) in [4.78, 5) is 12.2. The molecule has 1 aromatic carbocycles. The van der Waals surface area contributed by atoms with E-state index < -0.39 is 0 Å². The predicted octanol–water partition coefficient (Wildman–Crippen LogP) is 2.68. The summed E-state index contributed by atoms with van der Waals surface area (Å²) in [5, 5.41) is 3.25. The van der Waals surface area contributed by atoms with Crippen molar-refractivity contribution in [2.45, 2.75) is 44.1 Å². The van der Waals surface area contributed by atoms with Crippen LogP contribution in [0.2, 0.25) is 0 Å². The maximum absolute atomic E-state index is 12.2. The molecule has 1 aliphatic carbocycles. The van der Waals surface area contributed by atoms with Crippen molar-refractivity contribution in [2.75, 3.05) is 7.11 Å². The third kappa shape index (κ3) is 1.88. The number of hydrogen-bond acceptors (Lipinski definition) is 2. The highest BCUT2D eigenvalue weighted by atomic mass is 16.5. The van der Waals surface area contributed by atoms with Crippen LogP contribution in [0.15, 0.2) is 18.2 Å². The second-order valence-corrected chi connectivity index (χ2v) is 5.49. The number of fused-ring (bicyclic) bond motifs is 1. The van der Waals surface area contributed by atoms with Gasteiger partial charge in [-0.3, -0.25) is 4.79 Å². The highest BCUT2D eigenvalue weighted by molar-refractivity contribution is 5.97. The molecule has 0 unspecified atom stereocenters. The number of nitrogens with one attached hydrogen (secondary N) is 1. The van der Waals surface area contributed by atoms with Gasteiger partial charge in [0.1, 0.15) is 5.75 Å². The minimum Gasteiger partial charge on any atom is -0.497 e. The Morgan fingerprint density at radius 2 is 2.00 bits per heavy atom. The van der Waals surface area contributed by atoms with E-state index in [-0.39, 0.29) is 11.4 Å². The molecule has 0 saturated heterocycles. The average molecular weight is 245 g/mol. The van der Waals surface area contributed by atoms with Crippen LogP contribution in [-0.4, -0.2) is 18.6 Å². The second-order valence-electron chi connectivity index (χ2n) is 5.49. The Hall–Kier alpha value is -1.51. The van der Waals surface area contributed by atoms with Crippen LogP contribution in [0.3, 0.4) is 0 Å². The Kier molecular flexibility index (Phi) is 2.77. The topological polar surface area (TPSA) is 38.3 Å². The van der Waals surface area contributed by atoms with Crippen molar-refractivity contribution in [3.05, 3.63) is 29.3 Å². The first kappa shape index (κ1) is 11.6. The zero-order chi connectivity index (χ0) is 12.6. The van der Waals surface area contributed by atoms with E-state index in [1.807, 2.05) is 18.2 Å². The average Bonchev–Trinajstić information content (AvgIpc) is 2.38. The minimum atomic E-state index is 0.00863. The van der Waals surface area contributed by atoms with Gasteiger partial charge in [0.15, 0.2) is 0 Å². The van der Waals surface area contributed by atoms with Gasteiger partial charge in [-0.1, -0.05) is 19.3 Å². The Labute approximate surface area is 108 Å². The molecule has 18 heavy (non-hydrogen) atoms. The summed E-state index contributed by atoms with van der Waals surface area (Å²) >= 11 is 0. The van der Waals surface area contributed by atoms with Crippen LogP contribution in [0.25, 0.3) is 0 Å². The Balaban J connectivity index is 1.96. The van der Waals surface area contributed by atoms with Crippen molar-refractivity contribution in [3.63, 3.8) is 0 Å². The van der Waals surface area contributed by atoms with Gasteiger partial charge in [-0.2, -0.15) is 0 Å². The summed E-state index contributed by atoms with van der Waals surface area (Å²) in [5.74, 6) is 0.926. The summed E-state index contributed by atoms with van der Waals surface area (Å²) in [6, 6.07) is 5.75. The van der Waals surface area contributed by atoms with Gasteiger partial charge in [-0.05, 0) is 43.0 Å². The molecule has 2 aliphatic rings. The van der Waals surface area contributed by atoms with Gasteiger partial charge >= 0.3 is 0 Å². The lowest BCUT2D eigenvalue weighted by molar-refractivity contribution is 0.0844. The highest BCUT2D eigenvalue weighted by Gasteiger charge is 2.38. The Morgan fingerprint density at radius 1 is 1.22 bits per heavy atom. The summed E-state index contributed by atoms with van der Waals surface area (Å²) in [6.45, 7) is 0. The molecule has 96 valence electrons. The first-order valence-electron chi connectivity index (χ1n) is 6.72. The molecule has 1 heterocycles. The molecular formula is C15H19NO2. The molecule has 1 N–H and O–H groups in total. The van der Waals surface area contributed by atoms with Crippen LogP contribution in [0.5, 0.6) is 5.75 Å². The third-order valence-electron chi connectivity index (χ3n) is 4.28. The number of rotatable bonds is 1. The highest BCUT2D eigenvalue weighted by Crippen LogP contribution is 2.36. The summed E-state index contributed by atoms with van der Waals surface area (Å²) in [7, 11) is 1.67. The van der Waals surface area contributed by atoms with Gasteiger partial charge in [0.25, 0.3) is 5.91 Å². The number of carbonyl (C=O) groups excluding carboxylic acids is 1. The first-order chi connectivity index (χ1) is 8.72. The van der Waals surface area contributed by atoms with Crippen LogP contribution in [0.1, 0.15) is 48.0 Å². The molecule has 0 aromatic heterocycles. The second kappa shape index (κ2) is 4.30. The number of carbonyl (C=O) groups is 1. The van der Waals surface area contributed by atoms with Gasteiger partial charge in [0, 0.05) is 11.1 Å². The van der Waals surface area contributed by atoms with Gasteiger partial charge < -0.3 is 10.1 Å². The van der Waals surface area contributed by atoms with Gasteiger partial charge in [0.05, 0.1) is 7.11 Å². The van der Waals surface area contributed by atoms with Crippen LogP contribution >= 0.6 is 0 Å². The molecule has 3 nitrogen and oxygen atoms in total. The van der Waals surface area contributed by atoms with Crippen molar-refractivity contribution in [3.8, 4) is 5.75 Å². The van der Waals surface area contributed by atoms with E-state index in [9.17, 15) is 4.79 Å². The van der Waals surface area contributed by atoms with E-state index in [0.717, 1.165) is 36.1 Å². The Bertz CT molecular complexity index is 475. The molecule has 1 aliphatic heterocycles. The molecule has 1 spiro atoms. The van der Waals surface area contributed by atoms with E-state index in [1.54, 1.807) is 7.11 Å². The van der Waals surface area contributed by atoms with Crippen molar-refractivity contribution < 1.29 is 9.53 Å². The number of hydrogen-bond donors (Lipinski definition) is 1. The normalized spacial score (nSPS) is 21.3. The molecule has 1 saturated carbocycles. The lowest BCUT2D eigenvalue weighted by Gasteiger charge is -2.41. The predicted molar refractivity (Wildman–Crippen MR) is 70.0 cm³/mol. The lowest BCUT2D eigenvalue weighted by Crippen LogP contribution is -2.54. The number of amides is 1. The monoisotopic (exact) mass is 245 g/mol. The molecule has 1 fully saturated rings. The summed E-state index contributed by atoms with van der Waals surface area (Å²) in [6.07, 6.45) is 6.90. The van der Waals surface area contributed by atoms with Crippen LogP contribution in [0.4, 0.5) is 0 Å². The smallest absolute Gasteiger partial charge is 0.252 e. The molecule has 0 bridgehead atoms. The molecule has 3 rings (SSSR count). The van der Waals surface area contributed by atoms with E-state index in [2.05, 4.69) is 5.32 Å². The number of ether oxygens (including phenoxy) is 1. The molecular weight excluding hydrogens is 226 g/mol. The van der Waals surface area contributed by atoms with E-state index in [0.29, 0.717) is 0 Å². The van der Waals surface area contributed by atoms with Gasteiger partial charge in [-0.15, -0.1) is 0 Å². The van der Waals surface area contributed by atoms with Crippen molar-refractivity contribution in [2.24, 2.45) is 0 Å². The van der Waals surface area contributed by atoms with Crippen LogP contribution in [-0.2, 0) is 6.42 Å². The van der Waals surface area contributed by atoms with Crippen molar-refractivity contribution in [1.29, 1.82) is 0 Å². The summed E-state index contributed by atoms with van der Waals surface area (Å²) < 4.78 is 5.26. The molecule has 0 atom stereocenters. The lowest BCUT2D eigenvalue weighted by atomic mass is 9.74. The fraction of sp³-hybridized carbons (Fsp3) is 0.533. The third-order valence-corrected chi connectivity index (χ3v) is 4.28. The fourth-order valence-electron chi connectivity index (χ4n) is 3.31. The minimum absolute atomic E-state index is 0.00863. The largest absolute Gasteiger partial charge is 0.497 e. The Morgan fingerprint density at radius 3 is 2.72 bits per heavy atom. The number of benzene rings is 1. The molecule has 1 aromatic rings. The van der Waals surface area contributed by atoms with Gasteiger partial charge in [0.2, 0.25) is 0 Å². The first-order valence-corrected chi connectivity index (χ1v) is 6.72. The number of methoxy groups -OCH3 is 1.